The highest BCUT2D eigenvalue weighted by Crippen LogP contribution is 2.35. The average Bonchev–Trinajstić information content (AvgIpc) is 2.90. The molecular formula is C15H19BrN2O3. The molecule has 6 heteroatoms. The van der Waals surface area contributed by atoms with Gasteiger partial charge in [0.2, 0.25) is 0 Å². The van der Waals surface area contributed by atoms with Crippen molar-refractivity contribution in [1.29, 1.82) is 0 Å². The fraction of sp³-hybridized carbons (Fsp3) is 0.467. The van der Waals surface area contributed by atoms with E-state index in [0.717, 1.165) is 10.0 Å². The Morgan fingerprint density at radius 3 is 2.76 bits per heavy atom. The van der Waals surface area contributed by atoms with Gasteiger partial charge in [0.15, 0.2) is 0 Å². The molecule has 114 valence electrons. The summed E-state index contributed by atoms with van der Waals surface area (Å²) in [6.45, 7) is 4.53. The van der Waals surface area contributed by atoms with Crippen LogP contribution in [0.3, 0.4) is 0 Å². The molecule has 0 aliphatic carbocycles. The lowest BCUT2D eigenvalue weighted by atomic mass is 9.84. The first-order valence-electron chi connectivity index (χ1n) is 6.94. The summed E-state index contributed by atoms with van der Waals surface area (Å²) in [4.78, 5) is 25.3. The summed E-state index contributed by atoms with van der Waals surface area (Å²) in [5.74, 6) is -0.822. The van der Waals surface area contributed by atoms with Crippen LogP contribution >= 0.6 is 15.9 Å². The van der Waals surface area contributed by atoms with Gasteiger partial charge in [0.1, 0.15) is 0 Å². The van der Waals surface area contributed by atoms with Gasteiger partial charge in [0, 0.05) is 17.6 Å². The zero-order valence-corrected chi connectivity index (χ0v) is 13.7. The molecule has 0 saturated carbocycles. The van der Waals surface area contributed by atoms with E-state index in [2.05, 4.69) is 21.2 Å². The van der Waals surface area contributed by atoms with E-state index in [1.165, 1.54) is 0 Å². The Bertz CT molecular complexity index is 576. The first kappa shape index (κ1) is 15.8. The minimum absolute atomic E-state index is 0.252. The number of carbonyl (C=O) groups excluding carboxylic acids is 1. The van der Waals surface area contributed by atoms with Crippen LogP contribution in [0, 0.1) is 12.3 Å². The molecule has 2 N–H and O–H groups in total. The molecule has 0 aromatic heterocycles. The van der Waals surface area contributed by atoms with Crippen LogP contribution in [0.25, 0.3) is 0 Å². The first-order valence-corrected chi connectivity index (χ1v) is 7.73. The number of nitrogens with one attached hydrogen (secondary N) is 1. The second-order valence-corrected chi connectivity index (χ2v) is 6.27. The number of hydrogen-bond acceptors (Lipinski definition) is 2. The van der Waals surface area contributed by atoms with Crippen LogP contribution in [0.4, 0.5) is 10.5 Å². The van der Waals surface area contributed by atoms with Crippen LogP contribution in [-0.4, -0.2) is 35.1 Å². The Labute approximate surface area is 132 Å². The monoisotopic (exact) mass is 354 g/mol. The third-order valence-electron chi connectivity index (χ3n) is 4.20. The van der Waals surface area contributed by atoms with Crippen molar-refractivity contribution in [1.82, 2.24) is 4.90 Å². The molecule has 1 aliphatic rings. The van der Waals surface area contributed by atoms with Crippen LogP contribution in [-0.2, 0) is 4.79 Å². The number of aliphatic carboxylic acids is 1. The molecule has 2 rings (SSSR count). The number of urea groups is 1. The third-order valence-corrected chi connectivity index (χ3v) is 5.26. The van der Waals surface area contributed by atoms with Gasteiger partial charge in [-0.1, -0.05) is 19.1 Å². The maximum Gasteiger partial charge on any atom is 0.321 e. The van der Waals surface area contributed by atoms with Gasteiger partial charge in [0.05, 0.1) is 11.1 Å². The number of amides is 2. The zero-order chi connectivity index (χ0) is 15.6. The molecular weight excluding hydrogens is 336 g/mol. The standard InChI is InChI=1S/C15H19BrN2O3/c1-3-15(13(19)20)7-8-18(9-15)14(21)17-11-6-4-5-10(2)12(11)16/h4-6H,3,7-9H2,1-2H3,(H,17,21)(H,19,20). The van der Waals surface area contributed by atoms with Crippen molar-refractivity contribution in [3.05, 3.63) is 28.2 Å². The van der Waals surface area contributed by atoms with E-state index >= 15 is 0 Å². The Morgan fingerprint density at radius 1 is 1.48 bits per heavy atom. The molecule has 1 fully saturated rings. The maximum absolute atomic E-state index is 12.3. The van der Waals surface area contributed by atoms with E-state index in [4.69, 9.17) is 0 Å². The van der Waals surface area contributed by atoms with Gasteiger partial charge in [-0.3, -0.25) is 4.79 Å². The van der Waals surface area contributed by atoms with E-state index in [1.807, 2.05) is 32.0 Å². The number of benzene rings is 1. The largest absolute Gasteiger partial charge is 0.481 e. The Morgan fingerprint density at radius 2 is 2.19 bits per heavy atom. The molecule has 1 aromatic carbocycles. The van der Waals surface area contributed by atoms with E-state index in [0.29, 0.717) is 25.1 Å². The summed E-state index contributed by atoms with van der Waals surface area (Å²) in [5, 5.41) is 12.2. The van der Waals surface area contributed by atoms with Crippen molar-refractivity contribution >= 4 is 33.6 Å². The lowest BCUT2D eigenvalue weighted by Gasteiger charge is -2.23. The van der Waals surface area contributed by atoms with Crippen molar-refractivity contribution in [2.24, 2.45) is 5.41 Å². The molecule has 1 saturated heterocycles. The number of carbonyl (C=O) groups is 2. The van der Waals surface area contributed by atoms with Crippen molar-refractivity contribution in [2.45, 2.75) is 26.7 Å². The molecule has 0 bridgehead atoms. The van der Waals surface area contributed by atoms with Crippen molar-refractivity contribution in [3.8, 4) is 0 Å². The molecule has 5 nitrogen and oxygen atoms in total. The Hall–Kier alpha value is -1.56. The lowest BCUT2D eigenvalue weighted by molar-refractivity contribution is -0.148. The average molecular weight is 355 g/mol. The molecule has 1 heterocycles. The van der Waals surface area contributed by atoms with Gasteiger partial charge in [-0.15, -0.1) is 0 Å². The predicted octanol–water partition coefficient (Wildman–Crippen LogP) is 3.48. The molecule has 1 aliphatic heterocycles. The fourth-order valence-corrected chi connectivity index (χ4v) is 2.96. The van der Waals surface area contributed by atoms with Gasteiger partial charge >= 0.3 is 12.0 Å². The number of hydrogen-bond donors (Lipinski definition) is 2. The summed E-state index contributed by atoms with van der Waals surface area (Å²) in [7, 11) is 0. The maximum atomic E-state index is 12.3. The van der Waals surface area contributed by atoms with E-state index in [1.54, 1.807) is 4.90 Å². The van der Waals surface area contributed by atoms with Gasteiger partial charge < -0.3 is 15.3 Å². The summed E-state index contributed by atoms with van der Waals surface area (Å²) in [6.07, 6.45) is 1.03. The highest BCUT2D eigenvalue weighted by Gasteiger charge is 2.44. The summed E-state index contributed by atoms with van der Waals surface area (Å²) >= 11 is 3.45. The van der Waals surface area contributed by atoms with Gasteiger partial charge in [-0.25, -0.2) is 4.79 Å². The zero-order valence-electron chi connectivity index (χ0n) is 12.1. The lowest BCUT2D eigenvalue weighted by Crippen LogP contribution is -2.38. The smallest absolute Gasteiger partial charge is 0.321 e. The first-order chi connectivity index (χ1) is 9.89. The Balaban J connectivity index is 2.09. The van der Waals surface area contributed by atoms with E-state index in [9.17, 15) is 14.7 Å². The summed E-state index contributed by atoms with van der Waals surface area (Å²) in [5.41, 5.74) is 0.924. The van der Waals surface area contributed by atoms with Gasteiger partial charge in [-0.2, -0.15) is 0 Å². The van der Waals surface area contributed by atoms with E-state index in [-0.39, 0.29) is 12.6 Å². The second kappa shape index (κ2) is 6.05. The minimum Gasteiger partial charge on any atom is -0.481 e. The SMILES string of the molecule is CCC1(C(=O)O)CCN(C(=O)Nc2cccc(C)c2Br)C1. The molecule has 2 amide bonds. The number of aryl methyl sites for hydroxylation is 1. The number of likely N-dealkylation sites (tertiary alicyclic amines) is 1. The molecule has 0 radical (unpaired) electrons. The minimum atomic E-state index is -0.822. The van der Waals surface area contributed by atoms with Crippen molar-refractivity contribution in [2.75, 3.05) is 18.4 Å². The predicted molar refractivity (Wildman–Crippen MR) is 84.4 cm³/mol. The summed E-state index contributed by atoms with van der Waals surface area (Å²) < 4.78 is 0.845. The van der Waals surface area contributed by atoms with Gasteiger partial charge in [-0.05, 0) is 47.3 Å². The van der Waals surface area contributed by atoms with Crippen LogP contribution in [0.15, 0.2) is 22.7 Å². The highest BCUT2D eigenvalue weighted by atomic mass is 79.9. The molecule has 0 spiro atoms. The van der Waals surface area contributed by atoms with Gasteiger partial charge in [0.25, 0.3) is 0 Å². The Kier molecular flexibility index (Phi) is 4.56. The van der Waals surface area contributed by atoms with E-state index < -0.39 is 11.4 Å². The highest BCUT2D eigenvalue weighted by molar-refractivity contribution is 9.10. The number of nitrogens with zero attached hydrogens (tertiary/aromatic N) is 1. The van der Waals surface area contributed by atoms with Crippen LogP contribution in [0.2, 0.25) is 0 Å². The number of rotatable bonds is 3. The molecule has 1 unspecified atom stereocenters. The van der Waals surface area contributed by atoms with Crippen LogP contribution < -0.4 is 5.32 Å². The second-order valence-electron chi connectivity index (χ2n) is 5.48. The summed E-state index contributed by atoms with van der Waals surface area (Å²) in [6, 6.07) is 5.38. The molecule has 1 atom stereocenters. The van der Waals surface area contributed by atoms with Crippen LogP contribution in [0.5, 0.6) is 0 Å². The fourth-order valence-electron chi connectivity index (χ4n) is 2.60. The number of anilines is 1. The van der Waals surface area contributed by atoms with Crippen molar-refractivity contribution in [3.63, 3.8) is 0 Å². The number of halogens is 1. The molecule has 21 heavy (non-hydrogen) atoms. The number of carboxylic acid groups (broad SMARTS) is 1. The number of carboxylic acids is 1. The third kappa shape index (κ3) is 3.05. The topological polar surface area (TPSA) is 69.6 Å². The molecule has 1 aromatic rings. The quantitative estimate of drug-likeness (QED) is 0.872. The van der Waals surface area contributed by atoms with Crippen LogP contribution in [0.1, 0.15) is 25.3 Å². The normalized spacial score (nSPS) is 21.4. The van der Waals surface area contributed by atoms with Crippen molar-refractivity contribution < 1.29 is 14.7 Å².